The van der Waals surface area contributed by atoms with Crippen molar-refractivity contribution in [2.24, 2.45) is 0 Å². The van der Waals surface area contributed by atoms with Crippen molar-refractivity contribution in [3.05, 3.63) is 64.6 Å². The molecule has 1 aliphatic heterocycles. The number of aryl methyl sites for hydroxylation is 1. The molecule has 134 valence electrons. The van der Waals surface area contributed by atoms with Gasteiger partial charge in [-0.15, -0.1) is 0 Å². The second-order valence-corrected chi connectivity index (χ2v) is 6.35. The van der Waals surface area contributed by atoms with Gasteiger partial charge in [-0.2, -0.15) is 0 Å². The Morgan fingerprint density at radius 3 is 3.00 bits per heavy atom. The number of carboxylic acid groups (broad SMARTS) is 1. The number of carboxylic acids is 1. The minimum atomic E-state index is -1.04. The van der Waals surface area contributed by atoms with Crippen LogP contribution < -0.4 is 5.32 Å². The van der Waals surface area contributed by atoms with Crippen molar-refractivity contribution in [1.29, 1.82) is 0 Å². The standard InChI is InChI=1S/C19H19N3O4/c1-11-17(8-23)22-7-13(19(24)25)6-15(18(22)20-11)21-16-10-26-9-12-4-2-3-5-14(12)16/h2-7,16,21,23H,8-10H2,1H3,(H,24,25). The van der Waals surface area contributed by atoms with Crippen molar-refractivity contribution in [2.75, 3.05) is 11.9 Å². The summed E-state index contributed by atoms with van der Waals surface area (Å²) >= 11 is 0. The van der Waals surface area contributed by atoms with Gasteiger partial charge in [0.25, 0.3) is 0 Å². The van der Waals surface area contributed by atoms with Crippen molar-refractivity contribution < 1.29 is 19.7 Å². The van der Waals surface area contributed by atoms with E-state index in [2.05, 4.69) is 10.3 Å². The van der Waals surface area contributed by atoms with Gasteiger partial charge in [0, 0.05) is 6.20 Å². The predicted octanol–water partition coefficient (Wildman–Crippen LogP) is 2.52. The lowest BCUT2D eigenvalue weighted by atomic mass is 9.99. The smallest absolute Gasteiger partial charge is 0.337 e. The van der Waals surface area contributed by atoms with Gasteiger partial charge in [0.2, 0.25) is 0 Å². The lowest BCUT2D eigenvalue weighted by Gasteiger charge is -2.27. The third-order valence-electron chi connectivity index (χ3n) is 4.72. The Kier molecular flexibility index (Phi) is 4.10. The minimum Gasteiger partial charge on any atom is -0.478 e. The zero-order valence-electron chi connectivity index (χ0n) is 14.3. The van der Waals surface area contributed by atoms with Gasteiger partial charge in [-0.1, -0.05) is 24.3 Å². The molecule has 0 aliphatic carbocycles. The number of ether oxygens (including phenoxy) is 1. The number of benzene rings is 1. The third kappa shape index (κ3) is 2.71. The summed E-state index contributed by atoms with van der Waals surface area (Å²) < 4.78 is 7.31. The summed E-state index contributed by atoms with van der Waals surface area (Å²) in [6, 6.07) is 9.48. The lowest BCUT2D eigenvalue weighted by molar-refractivity contribution is 0.0696. The summed E-state index contributed by atoms with van der Waals surface area (Å²) in [5, 5.41) is 22.5. The van der Waals surface area contributed by atoms with Crippen LogP contribution in [0.2, 0.25) is 0 Å². The molecule has 0 fully saturated rings. The van der Waals surface area contributed by atoms with Crippen LogP contribution in [-0.4, -0.2) is 32.2 Å². The molecule has 7 heteroatoms. The van der Waals surface area contributed by atoms with Gasteiger partial charge < -0.3 is 20.3 Å². The normalized spacial score (nSPS) is 16.5. The number of anilines is 1. The predicted molar refractivity (Wildman–Crippen MR) is 95.3 cm³/mol. The number of aromatic nitrogens is 2. The molecule has 1 atom stereocenters. The van der Waals surface area contributed by atoms with Crippen molar-refractivity contribution in [3.63, 3.8) is 0 Å². The summed E-state index contributed by atoms with van der Waals surface area (Å²) in [6.45, 7) is 2.62. The summed E-state index contributed by atoms with van der Waals surface area (Å²) in [5.74, 6) is -1.04. The van der Waals surface area contributed by atoms with Gasteiger partial charge in [0.05, 0.1) is 48.5 Å². The van der Waals surface area contributed by atoms with Crippen LogP contribution in [0.15, 0.2) is 36.5 Å². The quantitative estimate of drug-likeness (QED) is 0.667. The molecular formula is C19H19N3O4. The first-order chi connectivity index (χ1) is 12.6. The van der Waals surface area contributed by atoms with Gasteiger partial charge in [-0.3, -0.25) is 4.40 Å². The summed E-state index contributed by atoms with van der Waals surface area (Å²) in [5.41, 5.74) is 4.78. The molecule has 2 aromatic heterocycles. The highest BCUT2D eigenvalue weighted by atomic mass is 16.5. The van der Waals surface area contributed by atoms with Crippen LogP contribution in [-0.2, 0) is 18.0 Å². The van der Waals surface area contributed by atoms with Crippen molar-refractivity contribution >= 4 is 17.3 Å². The maximum Gasteiger partial charge on any atom is 0.337 e. The van der Waals surface area contributed by atoms with Crippen LogP contribution in [0.1, 0.15) is 38.9 Å². The number of nitrogens with one attached hydrogen (secondary N) is 1. The van der Waals surface area contributed by atoms with E-state index < -0.39 is 5.97 Å². The fraction of sp³-hybridized carbons (Fsp3) is 0.263. The molecule has 0 saturated carbocycles. The average Bonchev–Trinajstić information content (AvgIpc) is 2.97. The van der Waals surface area contributed by atoms with Crippen molar-refractivity contribution in [3.8, 4) is 0 Å². The SMILES string of the molecule is Cc1nc2c(NC3COCc4ccccc43)cc(C(=O)O)cn2c1CO. The number of aliphatic hydroxyl groups is 1. The number of hydrogen-bond acceptors (Lipinski definition) is 5. The average molecular weight is 353 g/mol. The first-order valence-corrected chi connectivity index (χ1v) is 8.36. The van der Waals surface area contributed by atoms with Gasteiger partial charge in [0.15, 0.2) is 5.65 Å². The van der Waals surface area contributed by atoms with Crippen LogP contribution >= 0.6 is 0 Å². The highest BCUT2D eigenvalue weighted by Gasteiger charge is 2.23. The van der Waals surface area contributed by atoms with Gasteiger partial charge >= 0.3 is 5.97 Å². The molecule has 1 aliphatic rings. The second kappa shape index (κ2) is 6.44. The molecular weight excluding hydrogens is 334 g/mol. The summed E-state index contributed by atoms with van der Waals surface area (Å²) in [6.07, 6.45) is 1.49. The number of aromatic carboxylic acids is 1. The van der Waals surface area contributed by atoms with Crippen molar-refractivity contribution in [2.45, 2.75) is 26.2 Å². The number of hydrogen-bond donors (Lipinski definition) is 3. The Bertz CT molecular complexity index is 996. The lowest BCUT2D eigenvalue weighted by Crippen LogP contribution is -2.23. The Morgan fingerprint density at radius 1 is 1.42 bits per heavy atom. The molecule has 26 heavy (non-hydrogen) atoms. The van der Waals surface area contributed by atoms with E-state index in [1.54, 1.807) is 17.4 Å². The van der Waals surface area contributed by atoms with E-state index in [1.807, 2.05) is 24.3 Å². The molecule has 0 bridgehead atoms. The fourth-order valence-corrected chi connectivity index (χ4v) is 3.41. The maximum absolute atomic E-state index is 11.5. The molecule has 4 rings (SSSR count). The largest absolute Gasteiger partial charge is 0.478 e. The highest BCUT2D eigenvalue weighted by Crippen LogP contribution is 2.30. The molecule has 3 heterocycles. The molecule has 1 unspecified atom stereocenters. The first-order valence-electron chi connectivity index (χ1n) is 8.36. The van der Waals surface area contributed by atoms with E-state index in [0.717, 1.165) is 11.1 Å². The molecule has 3 N–H and O–H groups in total. The van der Waals surface area contributed by atoms with Gasteiger partial charge in [-0.25, -0.2) is 9.78 Å². The molecule has 1 aromatic carbocycles. The van der Waals surface area contributed by atoms with E-state index in [0.29, 0.717) is 35.9 Å². The Balaban J connectivity index is 1.83. The Labute approximate surface area is 149 Å². The fourth-order valence-electron chi connectivity index (χ4n) is 3.41. The van der Waals surface area contributed by atoms with E-state index in [4.69, 9.17) is 4.74 Å². The van der Waals surface area contributed by atoms with Crippen molar-refractivity contribution in [1.82, 2.24) is 9.38 Å². The summed E-state index contributed by atoms with van der Waals surface area (Å²) in [7, 11) is 0. The number of carbonyl (C=O) groups is 1. The molecule has 3 aromatic rings. The molecule has 0 spiro atoms. The Morgan fingerprint density at radius 2 is 2.23 bits per heavy atom. The monoisotopic (exact) mass is 353 g/mol. The molecule has 0 amide bonds. The zero-order valence-corrected chi connectivity index (χ0v) is 14.3. The summed E-state index contributed by atoms with van der Waals surface area (Å²) in [4.78, 5) is 16.1. The van der Waals surface area contributed by atoms with Crippen LogP contribution in [0.25, 0.3) is 5.65 Å². The van der Waals surface area contributed by atoms with E-state index in [9.17, 15) is 15.0 Å². The number of fused-ring (bicyclic) bond motifs is 2. The second-order valence-electron chi connectivity index (χ2n) is 6.35. The third-order valence-corrected chi connectivity index (χ3v) is 4.72. The number of aliphatic hydroxyl groups excluding tert-OH is 1. The molecule has 7 nitrogen and oxygen atoms in total. The van der Waals surface area contributed by atoms with Crippen LogP contribution in [0.4, 0.5) is 5.69 Å². The number of imidazole rings is 1. The minimum absolute atomic E-state index is 0.109. The van der Waals surface area contributed by atoms with Gasteiger partial charge in [-0.05, 0) is 24.1 Å². The Hall–Kier alpha value is -2.90. The maximum atomic E-state index is 11.5. The van der Waals surface area contributed by atoms with E-state index in [-0.39, 0.29) is 18.2 Å². The highest BCUT2D eigenvalue weighted by molar-refractivity contribution is 5.90. The number of rotatable bonds is 4. The molecule has 0 saturated heterocycles. The topological polar surface area (TPSA) is 96.1 Å². The first kappa shape index (κ1) is 16.6. The number of nitrogens with zero attached hydrogens (tertiary/aromatic N) is 2. The van der Waals surface area contributed by atoms with E-state index >= 15 is 0 Å². The molecule has 0 radical (unpaired) electrons. The van der Waals surface area contributed by atoms with Crippen LogP contribution in [0.5, 0.6) is 0 Å². The van der Waals surface area contributed by atoms with Crippen LogP contribution in [0.3, 0.4) is 0 Å². The van der Waals surface area contributed by atoms with Crippen LogP contribution in [0, 0.1) is 6.92 Å². The van der Waals surface area contributed by atoms with Gasteiger partial charge in [0.1, 0.15) is 0 Å². The zero-order chi connectivity index (χ0) is 18.3. The van der Waals surface area contributed by atoms with E-state index in [1.165, 1.54) is 6.20 Å². The number of pyridine rings is 1.